The largest absolute Gasteiger partial charge is 0.390 e. The third kappa shape index (κ3) is 4.75. The van der Waals surface area contributed by atoms with Crippen LogP contribution >= 0.6 is 0 Å². The molecule has 2 aliphatic carbocycles. The van der Waals surface area contributed by atoms with Gasteiger partial charge < -0.3 is 10.2 Å². The fourth-order valence-electron chi connectivity index (χ4n) is 5.63. The van der Waals surface area contributed by atoms with Gasteiger partial charge in [0.25, 0.3) is 0 Å². The van der Waals surface area contributed by atoms with E-state index in [0.29, 0.717) is 0 Å². The SMILES string of the molecule is CC(C)C1CCC(C(C)(O)C(O)C(C)(C)CC2CCCCC2)CC1. The summed E-state index contributed by atoms with van der Waals surface area (Å²) in [5, 5.41) is 22.4. The van der Waals surface area contributed by atoms with Gasteiger partial charge in [0.2, 0.25) is 0 Å². The van der Waals surface area contributed by atoms with Crippen LogP contribution in [0.2, 0.25) is 0 Å². The highest BCUT2D eigenvalue weighted by atomic mass is 16.3. The summed E-state index contributed by atoms with van der Waals surface area (Å²) in [6.45, 7) is 10.9. The van der Waals surface area contributed by atoms with E-state index in [9.17, 15) is 10.2 Å². The number of hydrogen-bond acceptors (Lipinski definition) is 2. The fourth-order valence-corrected chi connectivity index (χ4v) is 5.63. The van der Waals surface area contributed by atoms with E-state index in [-0.39, 0.29) is 11.3 Å². The maximum absolute atomic E-state index is 11.2. The molecule has 24 heavy (non-hydrogen) atoms. The Morgan fingerprint density at radius 3 is 1.92 bits per heavy atom. The van der Waals surface area contributed by atoms with Gasteiger partial charge in [0.1, 0.15) is 0 Å². The maximum Gasteiger partial charge on any atom is 0.0910 e. The Hall–Kier alpha value is -0.0800. The second-order valence-electron chi connectivity index (χ2n) is 10.2. The summed E-state index contributed by atoms with van der Waals surface area (Å²) in [6, 6.07) is 0. The molecule has 142 valence electrons. The summed E-state index contributed by atoms with van der Waals surface area (Å²) >= 11 is 0. The Labute approximate surface area is 150 Å². The van der Waals surface area contributed by atoms with Crippen molar-refractivity contribution in [1.82, 2.24) is 0 Å². The van der Waals surface area contributed by atoms with Gasteiger partial charge >= 0.3 is 0 Å². The molecule has 0 radical (unpaired) electrons. The fraction of sp³-hybridized carbons (Fsp3) is 1.00. The highest BCUT2D eigenvalue weighted by Gasteiger charge is 2.47. The molecule has 0 spiro atoms. The van der Waals surface area contributed by atoms with Crippen molar-refractivity contribution in [3.63, 3.8) is 0 Å². The molecule has 0 aliphatic heterocycles. The first-order chi connectivity index (χ1) is 11.1. The van der Waals surface area contributed by atoms with Gasteiger partial charge in [-0.3, -0.25) is 0 Å². The predicted octanol–water partition coefficient (Wildman–Crippen LogP) is 5.56. The number of aliphatic hydroxyl groups excluding tert-OH is 1. The first-order valence-electron chi connectivity index (χ1n) is 10.5. The summed E-state index contributed by atoms with van der Waals surface area (Å²) in [5.41, 5.74) is -1.17. The highest BCUT2D eigenvalue weighted by molar-refractivity contribution is 4.98. The minimum absolute atomic E-state index is 0.208. The van der Waals surface area contributed by atoms with Crippen LogP contribution in [0.4, 0.5) is 0 Å². The molecule has 2 saturated carbocycles. The average Bonchev–Trinajstić information content (AvgIpc) is 2.54. The van der Waals surface area contributed by atoms with Crippen LogP contribution in [0.5, 0.6) is 0 Å². The summed E-state index contributed by atoms with van der Waals surface area (Å²) in [6.07, 6.45) is 11.6. The van der Waals surface area contributed by atoms with Crippen molar-refractivity contribution >= 4 is 0 Å². The van der Waals surface area contributed by atoms with Crippen molar-refractivity contribution in [3.8, 4) is 0 Å². The van der Waals surface area contributed by atoms with E-state index in [1.807, 2.05) is 6.92 Å². The molecule has 0 saturated heterocycles. The second kappa shape index (κ2) is 8.08. The van der Waals surface area contributed by atoms with Crippen LogP contribution in [-0.4, -0.2) is 21.9 Å². The summed E-state index contributed by atoms with van der Waals surface area (Å²) in [4.78, 5) is 0. The van der Waals surface area contributed by atoms with Gasteiger partial charge in [-0.1, -0.05) is 59.8 Å². The molecular weight excluding hydrogens is 296 g/mol. The van der Waals surface area contributed by atoms with Crippen molar-refractivity contribution in [2.45, 2.75) is 111 Å². The summed E-state index contributed by atoms with van der Waals surface area (Å²) in [7, 11) is 0. The maximum atomic E-state index is 11.2. The number of rotatable bonds is 6. The zero-order valence-corrected chi connectivity index (χ0v) is 16.9. The van der Waals surface area contributed by atoms with Crippen LogP contribution < -0.4 is 0 Å². The third-order valence-corrected chi connectivity index (χ3v) is 7.37. The lowest BCUT2D eigenvalue weighted by atomic mass is 9.63. The molecule has 0 amide bonds. The molecule has 0 heterocycles. The van der Waals surface area contributed by atoms with Crippen LogP contribution in [-0.2, 0) is 0 Å². The quantitative estimate of drug-likeness (QED) is 0.666. The van der Waals surface area contributed by atoms with Crippen LogP contribution in [0.25, 0.3) is 0 Å². The van der Waals surface area contributed by atoms with Gasteiger partial charge in [0, 0.05) is 0 Å². The second-order valence-corrected chi connectivity index (χ2v) is 10.2. The number of aliphatic hydroxyl groups is 2. The van der Waals surface area contributed by atoms with Gasteiger partial charge in [-0.05, 0) is 68.1 Å². The van der Waals surface area contributed by atoms with Crippen molar-refractivity contribution in [1.29, 1.82) is 0 Å². The molecule has 2 nitrogen and oxygen atoms in total. The summed E-state index contributed by atoms with van der Waals surface area (Å²) < 4.78 is 0. The van der Waals surface area contributed by atoms with Crippen LogP contribution in [0.3, 0.4) is 0 Å². The Bertz CT molecular complexity index is 371. The normalized spacial score (nSPS) is 31.0. The molecule has 0 bridgehead atoms. The molecule has 2 N–H and O–H groups in total. The molecule has 0 aromatic rings. The van der Waals surface area contributed by atoms with E-state index in [1.165, 1.54) is 44.9 Å². The first-order valence-corrected chi connectivity index (χ1v) is 10.5. The Kier molecular flexibility index (Phi) is 6.81. The van der Waals surface area contributed by atoms with E-state index >= 15 is 0 Å². The monoisotopic (exact) mass is 338 g/mol. The highest BCUT2D eigenvalue weighted by Crippen LogP contribution is 2.45. The van der Waals surface area contributed by atoms with E-state index in [0.717, 1.165) is 37.0 Å². The average molecular weight is 339 g/mol. The minimum Gasteiger partial charge on any atom is -0.390 e. The van der Waals surface area contributed by atoms with Crippen molar-refractivity contribution < 1.29 is 10.2 Å². The van der Waals surface area contributed by atoms with E-state index in [2.05, 4.69) is 27.7 Å². The van der Waals surface area contributed by atoms with Crippen molar-refractivity contribution in [2.24, 2.45) is 29.1 Å². The lowest BCUT2D eigenvalue weighted by molar-refractivity contribution is -0.158. The van der Waals surface area contributed by atoms with Gasteiger partial charge in [-0.2, -0.15) is 0 Å². The molecule has 2 unspecified atom stereocenters. The zero-order chi connectivity index (χ0) is 18.0. The van der Waals surface area contributed by atoms with Gasteiger partial charge in [0.15, 0.2) is 0 Å². The lowest BCUT2D eigenvalue weighted by Crippen LogP contribution is -2.54. The number of hydrogen-bond donors (Lipinski definition) is 2. The molecule has 2 fully saturated rings. The topological polar surface area (TPSA) is 40.5 Å². The smallest absolute Gasteiger partial charge is 0.0910 e. The van der Waals surface area contributed by atoms with Crippen LogP contribution in [0, 0.1) is 29.1 Å². The minimum atomic E-state index is -0.958. The Morgan fingerprint density at radius 1 is 0.875 bits per heavy atom. The van der Waals surface area contributed by atoms with Gasteiger partial charge in [-0.15, -0.1) is 0 Å². The first kappa shape index (κ1) is 20.2. The Balaban J connectivity index is 1.96. The molecule has 0 aromatic heterocycles. The Morgan fingerprint density at radius 2 is 1.42 bits per heavy atom. The lowest BCUT2D eigenvalue weighted by Gasteiger charge is -2.47. The van der Waals surface area contributed by atoms with Crippen molar-refractivity contribution in [2.75, 3.05) is 0 Å². The molecule has 2 atom stereocenters. The third-order valence-electron chi connectivity index (χ3n) is 7.37. The molecule has 0 aromatic carbocycles. The zero-order valence-electron chi connectivity index (χ0n) is 16.9. The van der Waals surface area contributed by atoms with Crippen LogP contribution in [0.1, 0.15) is 98.8 Å². The standard InChI is InChI=1S/C22H42O2/c1-16(2)18-11-13-19(14-12-18)22(5,24)20(23)21(3,4)15-17-9-7-6-8-10-17/h16-20,23-24H,6-15H2,1-5H3. The summed E-state index contributed by atoms with van der Waals surface area (Å²) in [5.74, 6) is 2.51. The van der Waals surface area contributed by atoms with Crippen LogP contribution in [0.15, 0.2) is 0 Å². The molecular formula is C22H42O2. The van der Waals surface area contributed by atoms with E-state index < -0.39 is 11.7 Å². The van der Waals surface area contributed by atoms with Crippen molar-refractivity contribution in [3.05, 3.63) is 0 Å². The molecule has 2 rings (SSSR count). The van der Waals surface area contributed by atoms with E-state index in [1.54, 1.807) is 0 Å². The van der Waals surface area contributed by atoms with Gasteiger partial charge in [-0.25, -0.2) is 0 Å². The predicted molar refractivity (Wildman–Crippen MR) is 102 cm³/mol. The molecule has 2 heteroatoms. The van der Waals surface area contributed by atoms with Gasteiger partial charge in [0.05, 0.1) is 11.7 Å². The molecule has 2 aliphatic rings. The van der Waals surface area contributed by atoms with E-state index in [4.69, 9.17) is 0 Å².